The van der Waals surface area contributed by atoms with Crippen molar-refractivity contribution < 1.29 is 9.32 Å². The average molecular weight is 344 g/mol. The Morgan fingerprint density at radius 1 is 1.29 bits per heavy atom. The molecule has 24 heavy (non-hydrogen) atoms. The van der Waals surface area contributed by atoms with Crippen LogP contribution in [0.3, 0.4) is 0 Å². The molecule has 0 fully saturated rings. The van der Waals surface area contributed by atoms with Crippen molar-refractivity contribution in [2.75, 3.05) is 16.9 Å². The van der Waals surface area contributed by atoms with Gasteiger partial charge in [0.15, 0.2) is 11.6 Å². The lowest BCUT2D eigenvalue weighted by atomic mass is 10.1. The monoisotopic (exact) mass is 344 g/mol. The lowest BCUT2D eigenvalue weighted by molar-refractivity contribution is -0.113. The molecule has 3 N–H and O–H groups in total. The number of amides is 1. The number of hydrogen-bond acceptors (Lipinski definition) is 7. The van der Waals surface area contributed by atoms with Gasteiger partial charge >= 0.3 is 0 Å². The van der Waals surface area contributed by atoms with E-state index in [0.717, 1.165) is 11.1 Å². The zero-order chi connectivity index (χ0) is 17.1. The number of nitrogens with zero attached hydrogens (tertiary/aromatic N) is 4. The van der Waals surface area contributed by atoms with Crippen LogP contribution < -0.4 is 11.2 Å². The van der Waals surface area contributed by atoms with E-state index in [1.165, 1.54) is 16.4 Å². The second-order valence-corrected chi connectivity index (χ2v) is 6.14. The van der Waals surface area contributed by atoms with Gasteiger partial charge in [-0.2, -0.15) is 0 Å². The summed E-state index contributed by atoms with van der Waals surface area (Å²) in [6, 6.07) is 9.45. The highest BCUT2D eigenvalue weighted by atomic mass is 32.2. The Morgan fingerprint density at radius 2 is 2.04 bits per heavy atom. The van der Waals surface area contributed by atoms with Gasteiger partial charge in [-0.3, -0.25) is 4.79 Å². The molecule has 0 radical (unpaired) electrons. The highest BCUT2D eigenvalue weighted by Crippen LogP contribution is 2.22. The molecule has 0 spiro atoms. The number of rotatable bonds is 5. The Bertz CT molecular complexity index is 855. The first-order valence-electron chi connectivity index (χ1n) is 7.16. The third kappa shape index (κ3) is 3.57. The van der Waals surface area contributed by atoms with Crippen LogP contribution in [0.2, 0.25) is 0 Å². The number of nitrogens with two attached hydrogens (primary N) is 1. The lowest BCUT2D eigenvalue weighted by Crippen LogP contribution is -2.16. The van der Waals surface area contributed by atoms with Gasteiger partial charge in [-0.15, -0.1) is 10.2 Å². The summed E-state index contributed by atoms with van der Waals surface area (Å²) in [6.07, 6.45) is 0. The van der Waals surface area contributed by atoms with Gasteiger partial charge < -0.3 is 15.7 Å². The molecule has 1 amide bonds. The van der Waals surface area contributed by atoms with Crippen LogP contribution in [0.1, 0.15) is 11.3 Å². The first-order chi connectivity index (χ1) is 11.5. The van der Waals surface area contributed by atoms with Crippen molar-refractivity contribution in [3.05, 3.63) is 41.7 Å². The maximum atomic E-state index is 11.9. The van der Waals surface area contributed by atoms with Gasteiger partial charge in [-0.05, 0) is 13.8 Å². The topological polar surface area (TPSA) is 112 Å². The number of nitrogens with one attached hydrogen (secondary N) is 1. The fourth-order valence-electron chi connectivity index (χ4n) is 2.01. The largest absolute Gasteiger partial charge is 0.360 e. The van der Waals surface area contributed by atoms with Crippen molar-refractivity contribution in [1.29, 1.82) is 0 Å². The number of hydrogen-bond donors (Lipinski definition) is 2. The molecule has 3 aromatic rings. The molecule has 124 valence electrons. The predicted molar refractivity (Wildman–Crippen MR) is 90.9 cm³/mol. The Balaban J connectivity index is 1.63. The molecule has 0 saturated heterocycles. The fourth-order valence-corrected chi connectivity index (χ4v) is 2.67. The van der Waals surface area contributed by atoms with Gasteiger partial charge in [0.1, 0.15) is 5.76 Å². The smallest absolute Gasteiger partial charge is 0.236 e. The molecule has 2 heterocycles. The van der Waals surface area contributed by atoms with Gasteiger partial charge in [0.2, 0.25) is 11.1 Å². The summed E-state index contributed by atoms with van der Waals surface area (Å²) < 4.78 is 6.27. The van der Waals surface area contributed by atoms with Crippen molar-refractivity contribution >= 4 is 23.5 Å². The summed E-state index contributed by atoms with van der Waals surface area (Å²) in [6.45, 7) is 3.76. The van der Waals surface area contributed by atoms with Crippen LogP contribution in [0.5, 0.6) is 0 Å². The predicted octanol–water partition coefficient (Wildman–Crippen LogP) is 1.99. The SMILES string of the molecule is Cc1ccc(-c2nnc(SCC(=O)Nc3cc(C)on3)n2N)cc1. The van der Waals surface area contributed by atoms with Gasteiger partial charge in [0, 0.05) is 11.6 Å². The molecule has 0 aliphatic carbocycles. The molecule has 0 aliphatic rings. The maximum Gasteiger partial charge on any atom is 0.236 e. The molecule has 2 aromatic heterocycles. The Morgan fingerprint density at radius 3 is 2.71 bits per heavy atom. The van der Waals surface area contributed by atoms with E-state index >= 15 is 0 Å². The molecule has 3 rings (SSSR count). The summed E-state index contributed by atoms with van der Waals surface area (Å²) >= 11 is 1.19. The van der Waals surface area contributed by atoms with Crippen LogP contribution in [0.4, 0.5) is 5.82 Å². The van der Waals surface area contributed by atoms with E-state index in [0.29, 0.717) is 22.6 Å². The molecule has 0 bridgehead atoms. The quantitative estimate of drug-likeness (QED) is 0.537. The first kappa shape index (κ1) is 16.1. The van der Waals surface area contributed by atoms with Crippen LogP contribution in [0.25, 0.3) is 11.4 Å². The van der Waals surface area contributed by atoms with Crippen molar-refractivity contribution in [2.45, 2.75) is 19.0 Å². The van der Waals surface area contributed by atoms with E-state index in [1.807, 2.05) is 31.2 Å². The Hall–Kier alpha value is -2.81. The molecule has 0 saturated carbocycles. The zero-order valence-electron chi connectivity index (χ0n) is 13.2. The van der Waals surface area contributed by atoms with Crippen LogP contribution in [0, 0.1) is 13.8 Å². The number of benzene rings is 1. The van der Waals surface area contributed by atoms with Gasteiger partial charge in [-0.25, -0.2) is 4.68 Å². The van der Waals surface area contributed by atoms with E-state index < -0.39 is 0 Å². The molecule has 8 nitrogen and oxygen atoms in total. The first-order valence-corrected chi connectivity index (χ1v) is 8.15. The van der Waals surface area contributed by atoms with E-state index in [9.17, 15) is 4.79 Å². The number of aryl methyl sites for hydroxylation is 2. The van der Waals surface area contributed by atoms with Crippen molar-refractivity contribution in [2.24, 2.45) is 0 Å². The number of carbonyl (C=O) groups excluding carboxylic acids is 1. The van der Waals surface area contributed by atoms with Crippen LogP contribution in [-0.4, -0.2) is 31.7 Å². The zero-order valence-corrected chi connectivity index (χ0v) is 14.0. The fraction of sp³-hybridized carbons (Fsp3) is 0.200. The highest BCUT2D eigenvalue weighted by Gasteiger charge is 2.14. The minimum absolute atomic E-state index is 0.134. The number of anilines is 1. The van der Waals surface area contributed by atoms with E-state index in [1.54, 1.807) is 13.0 Å². The van der Waals surface area contributed by atoms with Gasteiger partial charge in [0.05, 0.1) is 5.75 Å². The van der Waals surface area contributed by atoms with Crippen molar-refractivity contribution in [3.8, 4) is 11.4 Å². The van der Waals surface area contributed by atoms with E-state index in [-0.39, 0.29) is 11.7 Å². The normalized spacial score (nSPS) is 10.8. The molecular formula is C15H16N6O2S. The van der Waals surface area contributed by atoms with Gasteiger partial charge in [0.25, 0.3) is 0 Å². The molecule has 0 atom stereocenters. The second-order valence-electron chi connectivity index (χ2n) is 5.20. The standard InChI is InChI=1S/C15H16N6O2S/c1-9-3-5-11(6-4-9)14-18-19-15(21(14)16)24-8-13(22)17-12-7-10(2)23-20-12/h3-7H,8,16H2,1-2H3,(H,17,20,22). The summed E-state index contributed by atoms with van der Waals surface area (Å²) in [7, 11) is 0. The molecule has 9 heteroatoms. The Kier molecular flexibility index (Phi) is 4.52. The molecule has 1 aromatic carbocycles. The minimum Gasteiger partial charge on any atom is -0.360 e. The molecule has 0 unspecified atom stereocenters. The van der Waals surface area contributed by atoms with E-state index in [2.05, 4.69) is 20.7 Å². The summed E-state index contributed by atoms with van der Waals surface area (Å²) in [4.78, 5) is 11.9. The second kappa shape index (κ2) is 6.75. The Labute approximate surface area is 142 Å². The van der Waals surface area contributed by atoms with Crippen LogP contribution in [-0.2, 0) is 4.79 Å². The van der Waals surface area contributed by atoms with Crippen molar-refractivity contribution in [1.82, 2.24) is 20.0 Å². The van der Waals surface area contributed by atoms with E-state index in [4.69, 9.17) is 10.4 Å². The molecular weight excluding hydrogens is 328 g/mol. The lowest BCUT2D eigenvalue weighted by Gasteiger charge is -2.04. The third-order valence-electron chi connectivity index (χ3n) is 3.20. The van der Waals surface area contributed by atoms with Crippen LogP contribution >= 0.6 is 11.8 Å². The van der Waals surface area contributed by atoms with Crippen LogP contribution in [0.15, 0.2) is 40.0 Å². The van der Waals surface area contributed by atoms with Crippen molar-refractivity contribution in [3.63, 3.8) is 0 Å². The summed E-state index contributed by atoms with van der Waals surface area (Å²) in [5, 5.41) is 14.9. The third-order valence-corrected chi connectivity index (χ3v) is 4.15. The molecule has 0 aliphatic heterocycles. The summed E-state index contributed by atoms with van der Waals surface area (Å²) in [5.41, 5.74) is 2.01. The number of carbonyl (C=O) groups is 1. The highest BCUT2D eigenvalue weighted by molar-refractivity contribution is 7.99. The average Bonchev–Trinajstić information content (AvgIpc) is 3.12. The minimum atomic E-state index is -0.229. The maximum absolute atomic E-state index is 11.9. The number of nitrogen functional groups attached to an aromatic ring is 1. The van der Waals surface area contributed by atoms with Gasteiger partial charge in [-0.1, -0.05) is 46.7 Å². The summed E-state index contributed by atoms with van der Waals surface area (Å²) in [5.74, 6) is 7.49. The number of aromatic nitrogens is 4. The number of thioether (sulfide) groups is 1.